The number of nitrogens with zero attached hydrogens (tertiary/aromatic N) is 4. The summed E-state index contributed by atoms with van der Waals surface area (Å²) in [4.78, 5) is 35.7. The first-order valence-electron chi connectivity index (χ1n) is 7.77. The second kappa shape index (κ2) is 7.52. The highest BCUT2D eigenvalue weighted by molar-refractivity contribution is 9.10. The van der Waals surface area contributed by atoms with Crippen molar-refractivity contribution in [2.24, 2.45) is 7.05 Å². The monoisotopic (exact) mass is 417 g/mol. The molecule has 0 saturated carbocycles. The molecule has 8 nitrogen and oxygen atoms in total. The minimum atomic E-state index is -0.547. The summed E-state index contributed by atoms with van der Waals surface area (Å²) >= 11 is 3.49. The zero-order valence-electron chi connectivity index (χ0n) is 13.9. The Kier molecular flexibility index (Phi) is 5.17. The van der Waals surface area contributed by atoms with E-state index >= 15 is 0 Å². The van der Waals surface area contributed by atoms with E-state index < -0.39 is 11.2 Å². The van der Waals surface area contributed by atoms with Crippen molar-refractivity contribution in [3.8, 4) is 0 Å². The SMILES string of the molecule is Cn1c(=O)ccn(CC(=O)Nc2ccnn2Cc2ccccc2Br)c1=O. The maximum atomic E-state index is 12.3. The molecule has 0 unspecified atom stereocenters. The van der Waals surface area contributed by atoms with Crippen molar-refractivity contribution in [2.45, 2.75) is 13.1 Å². The normalized spacial score (nSPS) is 10.7. The Morgan fingerprint density at radius 2 is 1.96 bits per heavy atom. The molecule has 0 radical (unpaired) electrons. The van der Waals surface area contributed by atoms with Crippen molar-refractivity contribution in [2.75, 3.05) is 5.32 Å². The number of aromatic nitrogens is 4. The number of carbonyl (C=O) groups is 1. The lowest BCUT2D eigenvalue weighted by molar-refractivity contribution is -0.116. The van der Waals surface area contributed by atoms with Gasteiger partial charge in [-0.25, -0.2) is 9.48 Å². The summed E-state index contributed by atoms with van der Waals surface area (Å²) in [5.41, 5.74) is 0.0496. The van der Waals surface area contributed by atoms with Gasteiger partial charge >= 0.3 is 5.69 Å². The molecule has 0 spiro atoms. The fourth-order valence-corrected chi connectivity index (χ4v) is 2.84. The second-order valence-corrected chi connectivity index (χ2v) is 6.49. The van der Waals surface area contributed by atoms with Gasteiger partial charge in [-0.2, -0.15) is 5.10 Å². The molecular weight excluding hydrogens is 402 g/mol. The predicted molar refractivity (Wildman–Crippen MR) is 100 cm³/mol. The van der Waals surface area contributed by atoms with E-state index in [0.29, 0.717) is 12.4 Å². The van der Waals surface area contributed by atoms with Gasteiger partial charge in [-0.3, -0.25) is 18.7 Å². The highest BCUT2D eigenvalue weighted by atomic mass is 79.9. The Hall–Kier alpha value is -2.94. The molecule has 1 N–H and O–H groups in total. The number of benzene rings is 1. The van der Waals surface area contributed by atoms with Gasteiger partial charge in [0.2, 0.25) is 5.91 Å². The molecule has 9 heteroatoms. The largest absolute Gasteiger partial charge is 0.331 e. The molecule has 0 aliphatic carbocycles. The molecule has 0 saturated heterocycles. The average Bonchev–Trinajstić information content (AvgIpc) is 3.04. The molecule has 0 fully saturated rings. The Bertz CT molecular complexity index is 1070. The van der Waals surface area contributed by atoms with Gasteiger partial charge in [0, 0.05) is 29.8 Å². The van der Waals surface area contributed by atoms with E-state index in [4.69, 9.17) is 0 Å². The number of hydrogen-bond acceptors (Lipinski definition) is 4. The maximum Gasteiger partial charge on any atom is 0.331 e. The number of anilines is 1. The molecule has 3 rings (SSSR count). The molecule has 1 aromatic carbocycles. The number of halogens is 1. The molecule has 2 aromatic heterocycles. The first-order valence-corrected chi connectivity index (χ1v) is 8.56. The van der Waals surface area contributed by atoms with Gasteiger partial charge in [0.25, 0.3) is 5.56 Å². The van der Waals surface area contributed by atoms with Crippen molar-refractivity contribution < 1.29 is 4.79 Å². The predicted octanol–water partition coefficient (Wildman–Crippen LogP) is 1.19. The fraction of sp³-hybridized carbons (Fsp3) is 0.176. The first-order chi connectivity index (χ1) is 12.5. The van der Waals surface area contributed by atoms with Crippen LogP contribution in [0.1, 0.15) is 5.56 Å². The minimum absolute atomic E-state index is 0.201. The smallest absolute Gasteiger partial charge is 0.309 e. The number of amides is 1. The Labute approximate surface area is 156 Å². The van der Waals surface area contributed by atoms with E-state index in [1.54, 1.807) is 16.9 Å². The van der Waals surface area contributed by atoms with Crippen molar-refractivity contribution in [3.63, 3.8) is 0 Å². The second-order valence-electron chi connectivity index (χ2n) is 5.64. The maximum absolute atomic E-state index is 12.3. The van der Waals surface area contributed by atoms with Crippen LogP contribution in [0.4, 0.5) is 5.82 Å². The molecule has 2 heterocycles. The van der Waals surface area contributed by atoms with Crippen molar-refractivity contribution in [3.05, 3.63) is 79.7 Å². The lowest BCUT2D eigenvalue weighted by atomic mass is 10.2. The number of nitrogens with one attached hydrogen (secondary N) is 1. The average molecular weight is 418 g/mol. The summed E-state index contributed by atoms with van der Waals surface area (Å²) in [6, 6.07) is 10.7. The third kappa shape index (κ3) is 3.83. The molecule has 0 atom stereocenters. The van der Waals surface area contributed by atoms with Crippen LogP contribution in [0.5, 0.6) is 0 Å². The zero-order valence-corrected chi connectivity index (χ0v) is 15.5. The van der Waals surface area contributed by atoms with E-state index in [1.165, 1.54) is 23.9 Å². The Morgan fingerprint density at radius 1 is 1.19 bits per heavy atom. The molecule has 26 heavy (non-hydrogen) atoms. The fourth-order valence-electron chi connectivity index (χ4n) is 2.43. The first kappa shape index (κ1) is 17.9. The van der Waals surface area contributed by atoms with E-state index in [1.807, 2.05) is 24.3 Å². The van der Waals surface area contributed by atoms with Crippen LogP contribution >= 0.6 is 15.9 Å². The highest BCUT2D eigenvalue weighted by Crippen LogP contribution is 2.18. The summed E-state index contributed by atoms with van der Waals surface area (Å²) in [5.74, 6) is 0.128. The van der Waals surface area contributed by atoms with E-state index in [2.05, 4.69) is 26.3 Å². The van der Waals surface area contributed by atoms with Crippen LogP contribution in [-0.4, -0.2) is 24.8 Å². The van der Waals surface area contributed by atoms with Gasteiger partial charge in [-0.1, -0.05) is 34.1 Å². The van der Waals surface area contributed by atoms with Crippen LogP contribution in [0, 0.1) is 0 Å². The van der Waals surface area contributed by atoms with Crippen LogP contribution in [0.25, 0.3) is 0 Å². The van der Waals surface area contributed by atoms with Crippen LogP contribution in [0.2, 0.25) is 0 Å². The summed E-state index contributed by atoms with van der Waals surface area (Å²) < 4.78 is 4.72. The zero-order chi connectivity index (χ0) is 18.7. The Balaban J connectivity index is 1.74. The number of hydrogen-bond donors (Lipinski definition) is 1. The quantitative estimate of drug-likeness (QED) is 0.674. The molecule has 0 aliphatic heterocycles. The van der Waals surface area contributed by atoms with Crippen molar-refractivity contribution >= 4 is 27.7 Å². The van der Waals surface area contributed by atoms with Crippen LogP contribution in [0.15, 0.2) is 62.9 Å². The van der Waals surface area contributed by atoms with Crippen molar-refractivity contribution in [1.29, 1.82) is 0 Å². The van der Waals surface area contributed by atoms with Crippen molar-refractivity contribution in [1.82, 2.24) is 18.9 Å². The van der Waals surface area contributed by atoms with Gasteiger partial charge in [-0.05, 0) is 11.6 Å². The molecule has 3 aromatic rings. The lowest BCUT2D eigenvalue weighted by Crippen LogP contribution is -2.39. The Morgan fingerprint density at radius 3 is 2.73 bits per heavy atom. The van der Waals surface area contributed by atoms with Gasteiger partial charge in [0.05, 0.1) is 12.7 Å². The van der Waals surface area contributed by atoms with Crippen LogP contribution in [-0.2, 0) is 24.9 Å². The number of rotatable bonds is 5. The topological polar surface area (TPSA) is 90.9 Å². The third-order valence-electron chi connectivity index (χ3n) is 3.84. The molecule has 1 amide bonds. The molecule has 0 bridgehead atoms. The van der Waals surface area contributed by atoms with Gasteiger partial charge in [0.1, 0.15) is 12.4 Å². The van der Waals surface area contributed by atoms with Crippen LogP contribution < -0.4 is 16.6 Å². The summed E-state index contributed by atoms with van der Waals surface area (Å²) in [6.45, 7) is 0.275. The van der Waals surface area contributed by atoms with E-state index in [0.717, 1.165) is 14.6 Å². The van der Waals surface area contributed by atoms with E-state index in [-0.39, 0.29) is 12.5 Å². The van der Waals surface area contributed by atoms with Crippen LogP contribution in [0.3, 0.4) is 0 Å². The third-order valence-corrected chi connectivity index (χ3v) is 4.61. The van der Waals surface area contributed by atoms with Gasteiger partial charge in [-0.15, -0.1) is 0 Å². The lowest BCUT2D eigenvalue weighted by Gasteiger charge is -2.11. The summed E-state index contributed by atoms with van der Waals surface area (Å²) in [5, 5.41) is 6.96. The highest BCUT2D eigenvalue weighted by Gasteiger charge is 2.11. The number of carbonyl (C=O) groups excluding carboxylic acids is 1. The molecule has 0 aliphatic rings. The standard InChI is InChI=1S/C17H16BrN5O3/c1-21-16(25)7-9-22(17(21)26)11-15(24)20-14-6-8-19-23(14)10-12-4-2-3-5-13(12)18/h2-9H,10-11H2,1H3,(H,20,24). The summed E-state index contributed by atoms with van der Waals surface area (Å²) in [7, 11) is 1.37. The molecular formula is C17H16BrN5O3. The summed E-state index contributed by atoms with van der Waals surface area (Å²) in [6.07, 6.45) is 2.90. The van der Waals surface area contributed by atoms with Gasteiger partial charge < -0.3 is 5.32 Å². The molecule has 134 valence electrons. The van der Waals surface area contributed by atoms with E-state index in [9.17, 15) is 14.4 Å². The minimum Gasteiger partial charge on any atom is -0.309 e. The van der Waals surface area contributed by atoms with Gasteiger partial charge in [0.15, 0.2) is 0 Å².